The van der Waals surface area contributed by atoms with Crippen LogP contribution in [0, 0.1) is 5.92 Å². The van der Waals surface area contributed by atoms with E-state index in [0.29, 0.717) is 0 Å². The fraction of sp³-hybridized carbons (Fsp3) is 1.00. The van der Waals surface area contributed by atoms with Gasteiger partial charge in [-0.3, -0.25) is 0 Å². The lowest BCUT2D eigenvalue weighted by molar-refractivity contribution is 0.129. The van der Waals surface area contributed by atoms with Crippen molar-refractivity contribution in [3.63, 3.8) is 0 Å². The number of hydrogen-bond donors (Lipinski definition) is 0. The monoisotopic (exact) mass is 237 g/mol. The summed E-state index contributed by atoms with van der Waals surface area (Å²) in [5.41, 5.74) is 0. The second kappa shape index (κ2) is 7.41. The van der Waals surface area contributed by atoms with Gasteiger partial charge in [-0.1, -0.05) is 51.4 Å². The molecule has 1 atom stereocenters. The molecular formula is C16H31N. The molecule has 1 heterocycles. The van der Waals surface area contributed by atoms with Crippen LogP contribution in [0.25, 0.3) is 0 Å². The fourth-order valence-corrected chi connectivity index (χ4v) is 3.92. The topological polar surface area (TPSA) is 3.24 Å². The lowest BCUT2D eigenvalue weighted by Gasteiger charge is -2.37. The Labute approximate surface area is 108 Å². The molecule has 0 amide bonds. The van der Waals surface area contributed by atoms with Gasteiger partial charge in [0.1, 0.15) is 0 Å². The summed E-state index contributed by atoms with van der Waals surface area (Å²) in [7, 11) is 2.38. The first kappa shape index (κ1) is 13.4. The van der Waals surface area contributed by atoms with Gasteiger partial charge in [-0.25, -0.2) is 0 Å². The first-order chi connectivity index (χ1) is 8.38. The van der Waals surface area contributed by atoms with Crippen LogP contribution in [0.1, 0.15) is 77.0 Å². The second-order valence-corrected chi connectivity index (χ2v) is 6.36. The lowest BCUT2D eigenvalue weighted by Crippen LogP contribution is -2.39. The second-order valence-electron chi connectivity index (χ2n) is 6.36. The van der Waals surface area contributed by atoms with Gasteiger partial charge in [0.2, 0.25) is 0 Å². The van der Waals surface area contributed by atoms with Crippen molar-refractivity contribution in [1.29, 1.82) is 0 Å². The van der Waals surface area contributed by atoms with Gasteiger partial charge in [-0.05, 0) is 45.2 Å². The maximum atomic E-state index is 2.70. The molecular weight excluding hydrogens is 206 g/mol. The van der Waals surface area contributed by atoms with Gasteiger partial charge in [0, 0.05) is 6.04 Å². The van der Waals surface area contributed by atoms with Crippen molar-refractivity contribution in [2.75, 3.05) is 13.6 Å². The van der Waals surface area contributed by atoms with Crippen molar-refractivity contribution in [1.82, 2.24) is 4.90 Å². The summed E-state index contributed by atoms with van der Waals surface area (Å²) in [5.74, 6) is 1.01. The molecule has 0 aromatic carbocycles. The van der Waals surface area contributed by atoms with E-state index in [2.05, 4.69) is 11.9 Å². The highest BCUT2D eigenvalue weighted by Crippen LogP contribution is 2.30. The van der Waals surface area contributed by atoms with Gasteiger partial charge < -0.3 is 4.90 Å². The van der Waals surface area contributed by atoms with Crippen LogP contribution in [-0.2, 0) is 0 Å². The van der Waals surface area contributed by atoms with Crippen molar-refractivity contribution < 1.29 is 0 Å². The van der Waals surface area contributed by atoms with Crippen LogP contribution in [0.3, 0.4) is 0 Å². The molecule has 1 saturated heterocycles. The van der Waals surface area contributed by atoms with E-state index in [9.17, 15) is 0 Å². The molecule has 2 aliphatic rings. The van der Waals surface area contributed by atoms with E-state index in [0.717, 1.165) is 12.0 Å². The summed E-state index contributed by atoms with van der Waals surface area (Å²) in [6.07, 6.45) is 17.8. The van der Waals surface area contributed by atoms with Crippen LogP contribution in [0.2, 0.25) is 0 Å². The minimum atomic E-state index is 0.911. The maximum Gasteiger partial charge on any atom is 0.0120 e. The third-order valence-corrected chi connectivity index (χ3v) is 5.02. The Hall–Kier alpha value is -0.0400. The predicted molar refractivity (Wildman–Crippen MR) is 75.3 cm³/mol. The Morgan fingerprint density at radius 1 is 0.647 bits per heavy atom. The smallest absolute Gasteiger partial charge is 0.0120 e. The van der Waals surface area contributed by atoms with Gasteiger partial charge in [-0.15, -0.1) is 0 Å². The SMILES string of the molecule is CN1CCCCCCC1C1CCCCCCC1. The van der Waals surface area contributed by atoms with Crippen molar-refractivity contribution in [2.45, 2.75) is 83.1 Å². The zero-order valence-corrected chi connectivity index (χ0v) is 11.8. The van der Waals surface area contributed by atoms with Crippen LogP contribution in [0.15, 0.2) is 0 Å². The Morgan fingerprint density at radius 3 is 1.88 bits per heavy atom. The third-order valence-electron chi connectivity index (χ3n) is 5.02. The molecule has 0 bridgehead atoms. The first-order valence-corrected chi connectivity index (χ1v) is 8.08. The molecule has 1 heteroatoms. The van der Waals surface area contributed by atoms with E-state index in [-0.39, 0.29) is 0 Å². The quantitative estimate of drug-likeness (QED) is 0.643. The molecule has 17 heavy (non-hydrogen) atoms. The minimum absolute atomic E-state index is 0.911. The van der Waals surface area contributed by atoms with Crippen molar-refractivity contribution in [2.24, 2.45) is 5.92 Å². The summed E-state index contributed by atoms with van der Waals surface area (Å²) in [5, 5.41) is 0. The molecule has 0 N–H and O–H groups in total. The molecule has 0 aromatic rings. The Kier molecular flexibility index (Phi) is 5.84. The van der Waals surface area contributed by atoms with E-state index in [4.69, 9.17) is 0 Å². The fourth-order valence-electron chi connectivity index (χ4n) is 3.92. The van der Waals surface area contributed by atoms with Gasteiger partial charge in [0.05, 0.1) is 0 Å². The summed E-state index contributed by atoms with van der Waals surface area (Å²) in [6.45, 7) is 1.35. The molecule has 0 aromatic heterocycles. The molecule has 1 aliphatic heterocycles. The van der Waals surface area contributed by atoms with Crippen molar-refractivity contribution in [3.8, 4) is 0 Å². The Bertz CT molecular complexity index is 194. The van der Waals surface area contributed by atoms with Gasteiger partial charge in [0.25, 0.3) is 0 Å². The highest BCUT2D eigenvalue weighted by Gasteiger charge is 2.25. The van der Waals surface area contributed by atoms with E-state index in [1.165, 1.54) is 83.6 Å². The average Bonchev–Trinajstić information content (AvgIpc) is 2.26. The van der Waals surface area contributed by atoms with E-state index in [1.807, 2.05) is 0 Å². The maximum absolute atomic E-state index is 2.70. The van der Waals surface area contributed by atoms with Gasteiger partial charge >= 0.3 is 0 Å². The average molecular weight is 237 g/mol. The zero-order valence-electron chi connectivity index (χ0n) is 11.8. The summed E-state index contributed by atoms with van der Waals surface area (Å²) in [4.78, 5) is 2.70. The number of rotatable bonds is 1. The largest absolute Gasteiger partial charge is 0.303 e. The molecule has 1 aliphatic carbocycles. The molecule has 2 fully saturated rings. The highest BCUT2D eigenvalue weighted by atomic mass is 15.1. The normalized spacial score (nSPS) is 31.2. The highest BCUT2D eigenvalue weighted by molar-refractivity contribution is 4.80. The summed E-state index contributed by atoms with van der Waals surface area (Å²) >= 11 is 0. The number of likely N-dealkylation sites (tertiary alicyclic amines) is 1. The molecule has 100 valence electrons. The van der Waals surface area contributed by atoms with Crippen LogP contribution in [-0.4, -0.2) is 24.5 Å². The Balaban J connectivity index is 1.90. The predicted octanol–water partition coefficient (Wildman–Crippen LogP) is 4.61. The van der Waals surface area contributed by atoms with E-state index in [1.54, 1.807) is 0 Å². The molecule has 1 unspecified atom stereocenters. The van der Waals surface area contributed by atoms with Crippen LogP contribution < -0.4 is 0 Å². The van der Waals surface area contributed by atoms with Gasteiger partial charge in [0.15, 0.2) is 0 Å². The molecule has 2 rings (SSSR count). The summed E-state index contributed by atoms with van der Waals surface area (Å²) in [6, 6.07) is 0.911. The van der Waals surface area contributed by atoms with E-state index >= 15 is 0 Å². The molecule has 0 spiro atoms. The first-order valence-electron chi connectivity index (χ1n) is 8.08. The number of nitrogens with zero attached hydrogens (tertiary/aromatic N) is 1. The summed E-state index contributed by atoms with van der Waals surface area (Å²) < 4.78 is 0. The van der Waals surface area contributed by atoms with Crippen LogP contribution >= 0.6 is 0 Å². The van der Waals surface area contributed by atoms with Crippen molar-refractivity contribution >= 4 is 0 Å². The molecule has 1 saturated carbocycles. The van der Waals surface area contributed by atoms with Gasteiger partial charge in [-0.2, -0.15) is 0 Å². The minimum Gasteiger partial charge on any atom is -0.303 e. The third kappa shape index (κ3) is 4.28. The lowest BCUT2D eigenvalue weighted by atomic mass is 9.82. The Morgan fingerprint density at radius 2 is 1.18 bits per heavy atom. The zero-order chi connectivity index (χ0) is 11.9. The number of hydrogen-bond acceptors (Lipinski definition) is 1. The van der Waals surface area contributed by atoms with Crippen LogP contribution in [0.4, 0.5) is 0 Å². The van der Waals surface area contributed by atoms with Crippen LogP contribution in [0.5, 0.6) is 0 Å². The molecule has 1 nitrogen and oxygen atoms in total. The van der Waals surface area contributed by atoms with E-state index < -0.39 is 0 Å². The van der Waals surface area contributed by atoms with Crippen molar-refractivity contribution in [3.05, 3.63) is 0 Å². The molecule has 0 radical (unpaired) electrons. The standard InChI is InChI=1S/C16H31N/c1-17-14-10-6-5-9-13-16(17)15-11-7-3-2-4-8-12-15/h15-16H,2-14H2,1H3.